The van der Waals surface area contributed by atoms with Gasteiger partial charge in [-0.15, -0.1) is 0 Å². The average molecular weight is 316 g/mol. The van der Waals surface area contributed by atoms with Gasteiger partial charge in [-0.2, -0.15) is 0 Å². The van der Waals surface area contributed by atoms with Crippen LogP contribution >= 0.6 is 23.2 Å². The molecule has 2 heterocycles. The van der Waals surface area contributed by atoms with Gasteiger partial charge in [0.1, 0.15) is 16.0 Å². The highest BCUT2D eigenvalue weighted by Gasteiger charge is 2.16. The van der Waals surface area contributed by atoms with E-state index in [2.05, 4.69) is 15.0 Å². The molecule has 3 rings (SSSR count). The van der Waals surface area contributed by atoms with Gasteiger partial charge in [0.15, 0.2) is 5.82 Å². The van der Waals surface area contributed by atoms with Crippen molar-refractivity contribution in [3.63, 3.8) is 0 Å². The molecule has 3 aromatic rings. The van der Waals surface area contributed by atoms with E-state index in [0.29, 0.717) is 27.4 Å². The van der Waals surface area contributed by atoms with Crippen LogP contribution in [0.1, 0.15) is 5.56 Å². The van der Waals surface area contributed by atoms with Gasteiger partial charge >= 0.3 is 0 Å². The van der Waals surface area contributed by atoms with Crippen molar-refractivity contribution in [1.82, 2.24) is 15.0 Å². The van der Waals surface area contributed by atoms with E-state index in [1.165, 1.54) is 0 Å². The number of halogens is 2. The minimum Gasteiger partial charge on any atom is -0.253 e. The second kappa shape index (κ2) is 5.80. The van der Waals surface area contributed by atoms with Crippen molar-refractivity contribution in [3.8, 4) is 22.6 Å². The van der Waals surface area contributed by atoms with E-state index in [0.717, 1.165) is 11.1 Å². The third kappa shape index (κ3) is 2.75. The molecule has 0 unspecified atom stereocenters. The molecule has 104 valence electrons. The van der Waals surface area contributed by atoms with E-state index in [9.17, 15) is 0 Å². The van der Waals surface area contributed by atoms with Crippen LogP contribution in [0.4, 0.5) is 0 Å². The molecule has 0 spiro atoms. The van der Waals surface area contributed by atoms with Crippen LogP contribution in [0.25, 0.3) is 22.6 Å². The summed E-state index contributed by atoms with van der Waals surface area (Å²) in [6, 6.07) is 13.3. The fourth-order valence-corrected chi connectivity index (χ4v) is 2.68. The molecular formula is C16H11Cl2N3. The van der Waals surface area contributed by atoms with Gasteiger partial charge < -0.3 is 0 Å². The van der Waals surface area contributed by atoms with E-state index in [4.69, 9.17) is 23.2 Å². The summed E-state index contributed by atoms with van der Waals surface area (Å²) >= 11 is 12.7. The summed E-state index contributed by atoms with van der Waals surface area (Å²) in [5.41, 5.74) is 3.28. The molecule has 0 N–H and O–H groups in total. The summed E-state index contributed by atoms with van der Waals surface area (Å²) in [6.45, 7) is 1.99. The third-order valence-corrected chi connectivity index (χ3v) is 3.68. The Morgan fingerprint density at radius 1 is 0.857 bits per heavy atom. The lowest BCUT2D eigenvalue weighted by atomic mass is 10.0. The van der Waals surface area contributed by atoms with Crippen LogP contribution in [0.5, 0.6) is 0 Å². The summed E-state index contributed by atoms with van der Waals surface area (Å²) in [7, 11) is 0. The minimum absolute atomic E-state index is 0.324. The predicted molar refractivity (Wildman–Crippen MR) is 85.5 cm³/mol. The Morgan fingerprint density at radius 3 is 2.14 bits per heavy atom. The highest BCUT2D eigenvalue weighted by molar-refractivity contribution is 6.37. The predicted octanol–water partition coefficient (Wildman–Crippen LogP) is 4.82. The van der Waals surface area contributed by atoms with Gasteiger partial charge in [-0.1, -0.05) is 53.5 Å². The number of hydrogen-bond donors (Lipinski definition) is 0. The molecule has 0 aliphatic rings. The molecule has 5 heteroatoms. The largest absolute Gasteiger partial charge is 0.253 e. The normalized spacial score (nSPS) is 10.6. The standard InChI is InChI=1S/C16H11Cl2N3/c1-10-6-2-3-7-11(10)13-14(17)20-16(21-15(13)18)12-8-4-5-9-19-12/h2-9H,1H3. The topological polar surface area (TPSA) is 38.7 Å². The molecule has 1 aromatic carbocycles. The van der Waals surface area contributed by atoms with Crippen LogP contribution in [0.2, 0.25) is 10.3 Å². The molecule has 2 aromatic heterocycles. The van der Waals surface area contributed by atoms with Crippen molar-refractivity contribution >= 4 is 23.2 Å². The zero-order valence-corrected chi connectivity index (χ0v) is 12.7. The Bertz CT molecular complexity index is 766. The zero-order valence-electron chi connectivity index (χ0n) is 11.2. The summed E-state index contributed by atoms with van der Waals surface area (Å²) in [5, 5.41) is 0.648. The van der Waals surface area contributed by atoms with Crippen molar-refractivity contribution in [2.75, 3.05) is 0 Å². The van der Waals surface area contributed by atoms with Crippen LogP contribution in [-0.4, -0.2) is 15.0 Å². The number of nitrogens with zero attached hydrogens (tertiary/aromatic N) is 3. The Labute approximate surface area is 132 Å². The van der Waals surface area contributed by atoms with E-state index >= 15 is 0 Å². The fourth-order valence-electron chi connectivity index (χ4n) is 2.09. The van der Waals surface area contributed by atoms with E-state index in [-0.39, 0.29) is 0 Å². The van der Waals surface area contributed by atoms with Crippen LogP contribution in [0.15, 0.2) is 48.7 Å². The van der Waals surface area contributed by atoms with Gasteiger partial charge in [0.25, 0.3) is 0 Å². The molecule has 0 radical (unpaired) electrons. The van der Waals surface area contributed by atoms with Crippen molar-refractivity contribution in [2.24, 2.45) is 0 Å². The quantitative estimate of drug-likeness (QED) is 0.636. The van der Waals surface area contributed by atoms with Crippen molar-refractivity contribution in [1.29, 1.82) is 0 Å². The highest BCUT2D eigenvalue weighted by atomic mass is 35.5. The highest BCUT2D eigenvalue weighted by Crippen LogP contribution is 2.35. The first-order chi connectivity index (χ1) is 10.2. The second-order valence-electron chi connectivity index (χ2n) is 4.53. The van der Waals surface area contributed by atoms with Gasteiger partial charge in [-0.3, -0.25) is 4.98 Å². The second-order valence-corrected chi connectivity index (χ2v) is 5.25. The van der Waals surface area contributed by atoms with E-state index in [1.807, 2.05) is 49.4 Å². The summed E-state index contributed by atoms with van der Waals surface area (Å²) in [6.07, 6.45) is 1.68. The maximum atomic E-state index is 6.33. The number of rotatable bonds is 2. The monoisotopic (exact) mass is 315 g/mol. The lowest BCUT2D eigenvalue weighted by molar-refractivity contribution is 1.14. The molecule has 0 atom stereocenters. The summed E-state index contributed by atoms with van der Waals surface area (Å²) < 4.78 is 0. The molecule has 0 aliphatic heterocycles. The number of aryl methyl sites for hydroxylation is 1. The molecule has 0 saturated heterocycles. The Morgan fingerprint density at radius 2 is 1.52 bits per heavy atom. The molecule has 0 bridgehead atoms. The summed E-state index contributed by atoms with van der Waals surface area (Å²) in [5.74, 6) is 0.419. The maximum absolute atomic E-state index is 6.33. The molecule has 0 fully saturated rings. The first-order valence-corrected chi connectivity index (χ1v) is 7.13. The van der Waals surface area contributed by atoms with Crippen LogP contribution in [0, 0.1) is 6.92 Å². The maximum Gasteiger partial charge on any atom is 0.181 e. The minimum atomic E-state index is 0.324. The Hall–Kier alpha value is -1.97. The SMILES string of the molecule is Cc1ccccc1-c1c(Cl)nc(-c2ccccn2)nc1Cl. The molecule has 0 saturated carbocycles. The third-order valence-electron chi connectivity index (χ3n) is 3.13. The summed E-state index contributed by atoms with van der Waals surface area (Å²) in [4.78, 5) is 12.9. The van der Waals surface area contributed by atoms with Crippen molar-refractivity contribution < 1.29 is 0 Å². The van der Waals surface area contributed by atoms with E-state index < -0.39 is 0 Å². The Kier molecular flexibility index (Phi) is 3.86. The van der Waals surface area contributed by atoms with Gasteiger partial charge in [0.05, 0.1) is 5.56 Å². The van der Waals surface area contributed by atoms with Crippen molar-refractivity contribution in [3.05, 3.63) is 64.5 Å². The lowest BCUT2D eigenvalue weighted by Crippen LogP contribution is -1.96. The average Bonchev–Trinajstić information content (AvgIpc) is 2.49. The molecule has 3 nitrogen and oxygen atoms in total. The smallest absolute Gasteiger partial charge is 0.181 e. The van der Waals surface area contributed by atoms with Crippen molar-refractivity contribution in [2.45, 2.75) is 6.92 Å². The fraction of sp³-hybridized carbons (Fsp3) is 0.0625. The molecule has 0 aliphatic carbocycles. The van der Waals surface area contributed by atoms with E-state index in [1.54, 1.807) is 6.20 Å². The van der Waals surface area contributed by atoms with Gasteiger partial charge in [-0.25, -0.2) is 9.97 Å². The Balaban J connectivity index is 2.16. The first-order valence-electron chi connectivity index (χ1n) is 6.37. The van der Waals surface area contributed by atoms with Gasteiger partial charge in [0, 0.05) is 6.20 Å². The lowest BCUT2D eigenvalue weighted by Gasteiger charge is -2.10. The molecular weight excluding hydrogens is 305 g/mol. The van der Waals surface area contributed by atoms with Gasteiger partial charge in [0.2, 0.25) is 0 Å². The molecule has 21 heavy (non-hydrogen) atoms. The first kappa shape index (κ1) is 14.0. The van der Waals surface area contributed by atoms with Crippen LogP contribution in [-0.2, 0) is 0 Å². The van der Waals surface area contributed by atoms with Crippen LogP contribution < -0.4 is 0 Å². The van der Waals surface area contributed by atoms with Gasteiger partial charge in [-0.05, 0) is 30.2 Å². The zero-order chi connectivity index (χ0) is 14.8. The molecule has 0 amide bonds. The number of benzene rings is 1. The number of aromatic nitrogens is 3. The number of hydrogen-bond acceptors (Lipinski definition) is 3. The number of pyridine rings is 1. The van der Waals surface area contributed by atoms with Crippen LogP contribution in [0.3, 0.4) is 0 Å².